The molecule has 87 heavy (non-hydrogen) atoms. The van der Waals surface area contributed by atoms with Gasteiger partial charge in [0.15, 0.2) is 0 Å². The number of amides is 5. The molecule has 2 fully saturated rings. The number of hydrogen-bond acceptors (Lipinski definition) is 12. The van der Waals surface area contributed by atoms with Gasteiger partial charge in [0.2, 0.25) is 29.5 Å². The van der Waals surface area contributed by atoms with Gasteiger partial charge in [-0.15, -0.1) is 0 Å². The van der Waals surface area contributed by atoms with Crippen molar-refractivity contribution in [2.24, 2.45) is 63.6 Å². The highest BCUT2D eigenvalue weighted by molar-refractivity contribution is 5.95. The van der Waals surface area contributed by atoms with E-state index < -0.39 is 39.9 Å². The van der Waals surface area contributed by atoms with Crippen LogP contribution in [0.4, 0.5) is 0 Å². The summed E-state index contributed by atoms with van der Waals surface area (Å²) in [5, 5.41) is 15.5. The number of carbonyl (C=O) groups excluding carboxylic acids is 8. The highest BCUT2D eigenvalue weighted by Crippen LogP contribution is 2.41. The molecule has 504 valence electrons. The van der Waals surface area contributed by atoms with Gasteiger partial charge >= 0.3 is 0 Å². The van der Waals surface area contributed by atoms with Crippen LogP contribution in [0, 0.1) is 63.6 Å². The lowest BCUT2D eigenvalue weighted by molar-refractivity contribution is -0.141. The van der Waals surface area contributed by atoms with Crippen LogP contribution in [0.2, 0.25) is 0 Å². The molecular weight excluding hydrogens is 1090 g/mol. The zero-order valence-corrected chi connectivity index (χ0v) is 58.4. The van der Waals surface area contributed by atoms with Crippen molar-refractivity contribution in [2.45, 2.75) is 223 Å². The normalized spacial score (nSPS) is 19.1. The first-order valence-electron chi connectivity index (χ1n) is 34.6. The van der Waals surface area contributed by atoms with Crippen LogP contribution in [-0.4, -0.2) is 181 Å². The predicted molar refractivity (Wildman–Crippen MR) is 355 cm³/mol. The van der Waals surface area contributed by atoms with Crippen molar-refractivity contribution in [1.29, 1.82) is 0 Å². The van der Waals surface area contributed by atoms with Gasteiger partial charge in [0, 0.05) is 138 Å². The standard InChI is InChI=1S/C70H131N9O8/c1-17-21-24-52-26-30-54(31-27-52)50-74-63(83)45-57(47-68(5,6)60(80)43-56(20-4)65(85)75-51-55-32-28-53(29-33-55)25-22-18-2)64(84)70(9,10)49-58(66(86)73-36-38-79(16)42-40-77(13)14)44-61(81)69(7,8)48-59(67(87)72-34-23-19-3)46-62(82)71-35-37-78(15)41-39-76(11)12/h52-59H,17-51H2,1-16H3,(H,71,82)(H,72,87)(H,73,86)(H,74,83)(H,75,85). The molecular formula is C70H131N9O8. The molecule has 0 aromatic carbocycles. The van der Waals surface area contributed by atoms with Gasteiger partial charge in [-0.3, -0.25) is 38.4 Å². The average molecular weight is 1230 g/mol. The van der Waals surface area contributed by atoms with E-state index in [1.165, 1.54) is 51.4 Å². The van der Waals surface area contributed by atoms with Gasteiger partial charge < -0.3 is 46.2 Å². The van der Waals surface area contributed by atoms with Crippen LogP contribution < -0.4 is 26.6 Å². The first kappa shape index (κ1) is 79.3. The fraction of sp³-hybridized carbons (Fsp3) is 0.886. The van der Waals surface area contributed by atoms with Crippen molar-refractivity contribution in [2.75, 3.05) is 114 Å². The van der Waals surface area contributed by atoms with Gasteiger partial charge in [0.25, 0.3) is 0 Å². The van der Waals surface area contributed by atoms with Crippen LogP contribution in [0.25, 0.3) is 0 Å². The van der Waals surface area contributed by atoms with E-state index in [4.69, 9.17) is 0 Å². The Labute approximate surface area is 530 Å². The van der Waals surface area contributed by atoms with Gasteiger partial charge in [0.05, 0.1) is 0 Å². The monoisotopic (exact) mass is 1230 g/mol. The number of Topliss-reactive ketones (excluding diaryl/α,β-unsaturated/α-hetero) is 3. The van der Waals surface area contributed by atoms with E-state index in [0.29, 0.717) is 64.1 Å². The molecule has 4 atom stereocenters. The molecule has 5 N–H and O–H groups in total. The van der Waals surface area contributed by atoms with Crippen molar-refractivity contribution < 1.29 is 38.4 Å². The molecule has 0 spiro atoms. The van der Waals surface area contributed by atoms with E-state index in [9.17, 15) is 33.6 Å². The fourth-order valence-electron chi connectivity index (χ4n) is 13.0. The number of carbonyl (C=O) groups is 8. The van der Waals surface area contributed by atoms with Crippen molar-refractivity contribution >= 4 is 46.9 Å². The first-order valence-corrected chi connectivity index (χ1v) is 34.6. The number of nitrogens with one attached hydrogen (secondary N) is 5. The van der Waals surface area contributed by atoms with E-state index >= 15 is 4.79 Å². The van der Waals surface area contributed by atoms with Crippen LogP contribution in [0.15, 0.2) is 0 Å². The molecule has 2 aliphatic carbocycles. The Morgan fingerprint density at radius 1 is 0.391 bits per heavy atom. The molecule has 0 saturated heterocycles. The maximum Gasteiger partial charge on any atom is 0.223 e. The van der Waals surface area contributed by atoms with Crippen molar-refractivity contribution in [3.63, 3.8) is 0 Å². The van der Waals surface area contributed by atoms with E-state index in [1.807, 2.05) is 70.0 Å². The molecule has 17 nitrogen and oxygen atoms in total. The van der Waals surface area contributed by atoms with Crippen LogP contribution in [0.3, 0.4) is 0 Å². The largest absolute Gasteiger partial charge is 0.356 e. The Morgan fingerprint density at radius 3 is 1.22 bits per heavy atom. The molecule has 17 heteroatoms. The smallest absolute Gasteiger partial charge is 0.223 e. The quantitative estimate of drug-likeness (QED) is 0.0361. The summed E-state index contributed by atoms with van der Waals surface area (Å²) >= 11 is 0. The number of rotatable bonds is 47. The SMILES string of the molecule is CCCCNC(=O)C(CC(=O)NCCN(C)CCN(C)C)CC(C)(C)C(=O)CC(CC(C)(C)C(=O)C(CC(=O)NCC1CCC(CCCC)CC1)CC(C)(C)C(=O)CC(CC)C(=O)NCC1CCC(CCCC)CC1)C(=O)NCCN(C)CCN(C)C. The number of hydrogen-bond donors (Lipinski definition) is 5. The summed E-state index contributed by atoms with van der Waals surface area (Å²) < 4.78 is 0. The second-order valence-electron chi connectivity index (χ2n) is 29.6. The molecule has 0 aromatic rings. The second-order valence-corrected chi connectivity index (χ2v) is 29.6. The minimum atomic E-state index is -1.25. The summed E-state index contributed by atoms with van der Waals surface area (Å²) in [6, 6.07) is 0. The lowest BCUT2D eigenvalue weighted by Gasteiger charge is -2.36. The highest BCUT2D eigenvalue weighted by Gasteiger charge is 2.44. The summed E-state index contributed by atoms with van der Waals surface area (Å²) in [5.74, 6) is -2.98. The Morgan fingerprint density at radius 2 is 0.759 bits per heavy atom. The summed E-state index contributed by atoms with van der Waals surface area (Å²) in [6.45, 7) is 25.9. The topological polar surface area (TPSA) is 210 Å². The molecule has 0 heterocycles. The fourth-order valence-corrected chi connectivity index (χ4v) is 13.0. The lowest BCUT2D eigenvalue weighted by Crippen LogP contribution is -2.44. The molecule has 2 rings (SSSR count). The molecule has 2 saturated carbocycles. The summed E-state index contributed by atoms with van der Waals surface area (Å²) in [4.78, 5) is 124. The zero-order chi connectivity index (χ0) is 65.3. The Hall–Kier alpha value is -3.80. The van der Waals surface area contributed by atoms with Gasteiger partial charge in [-0.25, -0.2) is 0 Å². The van der Waals surface area contributed by atoms with Gasteiger partial charge in [-0.1, -0.05) is 140 Å². The zero-order valence-electron chi connectivity index (χ0n) is 58.4. The molecule has 0 radical (unpaired) electrons. The molecule has 5 amide bonds. The maximum atomic E-state index is 15.5. The Bertz CT molecular complexity index is 2050. The van der Waals surface area contributed by atoms with E-state index in [1.54, 1.807) is 27.7 Å². The number of nitrogens with zero attached hydrogens (tertiary/aromatic N) is 4. The molecule has 4 unspecified atom stereocenters. The molecule has 0 aromatic heterocycles. The number of unbranched alkanes of at least 4 members (excludes halogenated alkanes) is 3. The minimum Gasteiger partial charge on any atom is -0.356 e. The van der Waals surface area contributed by atoms with Crippen molar-refractivity contribution in [3.05, 3.63) is 0 Å². The van der Waals surface area contributed by atoms with E-state index in [2.05, 4.69) is 60.0 Å². The number of likely N-dealkylation sites (N-methyl/N-ethyl adjacent to an activating group) is 4. The van der Waals surface area contributed by atoms with Crippen LogP contribution in [0.1, 0.15) is 223 Å². The third kappa shape index (κ3) is 32.2. The van der Waals surface area contributed by atoms with Gasteiger partial charge in [0.1, 0.15) is 17.3 Å². The second kappa shape index (κ2) is 41.6. The van der Waals surface area contributed by atoms with Gasteiger partial charge in [-0.2, -0.15) is 0 Å². The minimum absolute atomic E-state index is 0.0157. The summed E-state index contributed by atoms with van der Waals surface area (Å²) in [6.07, 6.45) is 18.1. The Kier molecular flexibility index (Phi) is 37.9. The highest BCUT2D eigenvalue weighted by atomic mass is 16.2. The summed E-state index contributed by atoms with van der Waals surface area (Å²) in [7, 11) is 12.0. The number of ketones is 3. The third-order valence-electron chi connectivity index (χ3n) is 19.5. The van der Waals surface area contributed by atoms with Crippen molar-refractivity contribution in [3.8, 4) is 0 Å². The molecule has 0 aliphatic heterocycles. The van der Waals surface area contributed by atoms with Crippen LogP contribution in [0.5, 0.6) is 0 Å². The van der Waals surface area contributed by atoms with E-state index in [0.717, 1.165) is 89.4 Å². The van der Waals surface area contributed by atoms with Crippen LogP contribution in [-0.2, 0) is 38.4 Å². The van der Waals surface area contributed by atoms with Gasteiger partial charge in [-0.05, 0) is 124 Å². The van der Waals surface area contributed by atoms with Crippen LogP contribution >= 0.6 is 0 Å². The predicted octanol–water partition coefficient (Wildman–Crippen LogP) is 9.74. The molecule has 2 aliphatic rings. The Balaban J connectivity index is 2.49. The maximum absolute atomic E-state index is 15.5. The summed E-state index contributed by atoms with van der Waals surface area (Å²) in [5.41, 5.74) is -3.50. The van der Waals surface area contributed by atoms with Crippen molar-refractivity contribution in [1.82, 2.24) is 46.2 Å². The molecule has 0 bridgehead atoms. The lowest BCUT2D eigenvalue weighted by atomic mass is 9.67. The third-order valence-corrected chi connectivity index (χ3v) is 19.5. The first-order chi connectivity index (χ1) is 41.0. The average Bonchev–Trinajstić information content (AvgIpc) is 3.65. The van der Waals surface area contributed by atoms with E-state index in [-0.39, 0.29) is 91.8 Å².